The van der Waals surface area contributed by atoms with Crippen molar-refractivity contribution in [1.29, 1.82) is 0 Å². The van der Waals surface area contributed by atoms with Gasteiger partial charge in [0.1, 0.15) is 17.9 Å². The fourth-order valence-electron chi connectivity index (χ4n) is 1.01. The van der Waals surface area contributed by atoms with Crippen LogP contribution >= 0.6 is 0 Å². The number of aliphatic hydroxyl groups excluding tert-OH is 3. The Morgan fingerprint density at radius 1 is 1.50 bits per heavy atom. The molecule has 0 aromatic carbocycles. The quantitative estimate of drug-likeness (QED) is 0.267. The van der Waals surface area contributed by atoms with Crippen molar-refractivity contribution < 1.29 is 24.9 Å². The Morgan fingerprint density at radius 2 is 2.06 bits per heavy atom. The van der Waals surface area contributed by atoms with Crippen molar-refractivity contribution in [3.8, 4) is 0 Å². The Balaban J connectivity index is 4.55. The molecule has 0 aliphatic carbocycles. The molecule has 0 spiro atoms. The predicted octanol–water partition coefficient (Wildman–Crippen LogP) is -2.00. The molecule has 3 atom stereocenters. The largest absolute Gasteiger partial charge is 0.466 e. The third-order valence-electron chi connectivity index (χ3n) is 1.82. The zero-order valence-electron chi connectivity index (χ0n) is 9.25. The molecule has 6 N–H and O–H groups in total. The molecule has 1 amide bonds. The first kappa shape index (κ1) is 14.7. The van der Waals surface area contributed by atoms with Gasteiger partial charge in [-0.1, -0.05) is 0 Å². The zero-order chi connectivity index (χ0) is 12.7. The molecule has 7 heteroatoms. The van der Waals surface area contributed by atoms with E-state index in [-0.39, 0.29) is 5.76 Å². The molecule has 94 valence electrons. The van der Waals surface area contributed by atoms with Crippen LogP contribution in [0.3, 0.4) is 0 Å². The second-order valence-corrected chi connectivity index (χ2v) is 3.26. The molecule has 0 rings (SSSR count). The van der Waals surface area contributed by atoms with E-state index in [2.05, 4.69) is 5.32 Å². The number of rotatable bonds is 6. The van der Waals surface area contributed by atoms with Gasteiger partial charge in [-0.25, -0.2) is 0 Å². The van der Waals surface area contributed by atoms with Crippen LogP contribution in [0.25, 0.3) is 0 Å². The van der Waals surface area contributed by atoms with Gasteiger partial charge in [-0.05, 0) is 6.92 Å². The summed E-state index contributed by atoms with van der Waals surface area (Å²) in [6.07, 6.45) is -1.70. The van der Waals surface area contributed by atoms with E-state index in [9.17, 15) is 15.0 Å². The summed E-state index contributed by atoms with van der Waals surface area (Å²) in [5.41, 5.74) is 5.13. The summed E-state index contributed by atoms with van der Waals surface area (Å²) in [4.78, 5) is 10.8. The van der Waals surface area contributed by atoms with E-state index in [0.29, 0.717) is 0 Å². The van der Waals surface area contributed by atoms with Crippen LogP contribution in [0.1, 0.15) is 13.8 Å². The maximum Gasteiger partial charge on any atom is 0.220 e. The van der Waals surface area contributed by atoms with Gasteiger partial charge >= 0.3 is 0 Å². The predicted molar refractivity (Wildman–Crippen MR) is 55.7 cm³/mol. The van der Waals surface area contributed by atoms with E-state index in [1.165, 1.54) is 13.8 Å². The maximum absolute atomic E-state index is 10.8. The highest BCUT2D eigenvalue weighted by molar-refractivity contribution is 5.73. The van der Waals surface area contributed by atoms with Crippen molar-refractivity contribution in [2.75, 3.05) is 6.61 Å². The summed E-state index contributed by atoms with van der Waals surface area (Å²) in [6.45, 7) is 2.10. The Labute approximate surface area is 93.5 Å². The SMILES string of the molecule is CC(=O)NC(C(O)CO)C(O)O/C(C)=C\N. The zero-order valence-corrected chi connectivity index (χ0v) is 9.25. The summed E-state index contributed by atoms with van der Waals surface area (Å²) in [5.74, 6) is -0.234. The summed E-state index contributed by atoms with van der Waals surface area (Å²) in [7, 11) is 0. The third kappa shape index (κ3) is 4.96. The second-order valence-electron chi connectivity index (χ2n) is 3.26. The van der Waals surface area contributed by atoms with Crippen LogP contribution < -0.4 is 11.1 Å². The van der Waals surface area contributed by atoms with Gasteiger partial charge in [0, 0.05) is 13.1 Å². The molecule has 3 unspecified atom stereocenters. The first-order valence-corrected chi connectivity index (χ1v) is 4.71. The van der Waals surface area contributed by atoms with Crippen LogP contribution in [-0.4, -0.2) is 46.3 Å². The highest BCUT2D eigenvalue weighted by Gasteiger charge is 2.28. The maximum atomic E-state index is 10.8. The van der Waals surface area contributed by atoms with Crippen LogP contribution in [0.4, 0.5) is 0 Å². The van der Waals surface area contributed by atoms with Crippen LogP contribution in [0.15, 0.2) is 12.0 Å². The summed E-state index contributed by atoms with van der Waals surface area (Å²) < 4.78 is 4.89. The van der Waals surface area contributed by atoms with Gasteiger partial charge in [-0.2, -0.15) is 0 Å². The van der Waals surface area contributed by atoms with Crippen molar-refractivity contribution >= 4 is 5.91 Å². The lowest BCUT2D eigenvalue weighted by atomic mass is 10.1. The monoisotopic (exact) mass is 234 g/mol. The highest BCUT2D eigenvalue weighted by Crippen LogP contribution is 2.06. The highest BCUT2D eigenvalue weighted by atomic mass is 16.6. The number of allylic oxidation sites excluding steroid dienone is 1. The van der Waals surface area contributed by atoms with Crippen molar-refractivity contribution in [2.24, 2.45) is 5.73 Å². The standard InChI is InChI=1S/C9H18N2O5/c1-5(3-10)16-9(15)8(7(14)4-12)11-6(2)13/h3,7-9,12,14-15H,4,10H2,1-2H3,(H,11,13)/b5-3-. The number of nitrogens with one attached hydrogen (secondary N) is 1. The van der Waals surface area contributed by atoms with E-state index in [0.717, 1.165) is 6.20 Å². The van der Waals surface area contributed by atoms with Crippen molar-refractivity contribution in [2.45, 2.75) is 32.3 Å². The topological polar surface area (TPSA) is 125 Å². The lowest BCUT2D eigenvalue weighted by Gasteiger charge is -2.27. The molecule has 0 radical (unpaired) electrons. The average molecular weight is 234 g/mol. The van der Waals surface area contributed by atoms with Gasteiger partial charge in [0.15, 0.2) is 0 Å². The van der Waals surface area contributed by atoms with Gasteiger partial charge in [-0.15, -0.1) is 0 Å². The fraction of sp³-hybridized carbons (Fsp3) is 0.667. The Hall–Kier alpha value is -1.31. The van der Waals surface area contributed by atoms with Crippen LogP contribution in [-0.2, 0) is 9.53 Å². The van der Waals surface area contributed by atoms with Crippen molar-refractivity contribution in [1.82, 2.24) is 5.32 Å². The molecule has 0 aliphatic heterocycles. The number of ether oxygens (including phenoxy) is 1. The molecule has 0 heterocycles. The molecule has 7 nitrogen and oxygen atoms in total. The first-order chi connectivity index (χ1) is 7.42. The molecule has 16 heavy (non-hydrogen) atoms. The molecule has 0 aromatic rings. The Kier molecular flexibility index (Phi) is 6.47. The van der Waals surface area contributed by atoms with E-state index in [1.807, 2.05) is 0 Å². The summed E-state index contributed by atoms with van der Waals surface area (Å²) >= 11 is 0. The Morgan fingerprint density at radius 3 is 2.44 bits per heavy atom. The van der Waals surface area contributed by atoms with Gasteiger partial charge in [0.25, 0.3) is 0 Å². The third-order valence-corrected chi connectivity index (χ3v) is 1.82. The molecule has 0 bridgehead atoms. The smallest absolute Gasteiger partial charge is 0.220 e. The van der Waals surface area contributed by atoms with E-state index in [4.69, 9.17) is 15.6 Å². The van der Waals surface area contributed by atoms with Crippen LogP contribution in [0, 0.1) is 0 Å². The number of hydrogen-bond donors (Lipinski definition) is 5. The number of carbonyl (C=O) groups is 1. The minimum absolute atomic E-state index is 0.230. The lowest BCUT2D eigenvalue weighted by Crippen LogP contribution is -2.52. The van der Waals surface area contributed by atoms with Gasteiger partial charge in [0.2, 0.25) is 12.2 Å². The minimum atomic E-state index is -1.49. The van der Waals surface area contributed by atoms with E-state index in [1.54, 1.807) is 0 Å². The summed E-state index contributed by atoms with van der Waals surface area (Å²) in [6, 6.07) is -1.13. The fourth-order valence-corrected chi connectivity index (χ4v) is 1.01. The molecule has 0 fully saturated rings. The van der Waals surface area contributed by atoms with Crippen LogP contribution in [0.2, 0.25) is 0 Å². The molecule has 0 saturated heterocycles. The van der Waals surface area contributed by atoms with Gasteiger partial charge < -0.3 is 31.1 Å². The summed E-state index contributed by atoms with van der Waals surface area (Å²) in [5, 5.41) is 29.9. The first-order valence-electron chi connectivity index (χ1n) is 4.71. The average Bonchev–Trinajstić information content (AvgIpc) is 2.24. The molecule has 0 aromatic heterocycles. The van der Waals surface area contributed by atoms with Gasteiger partial charge in [0.05, 0.1) is 6.61 Å². The van der Waals surface area contributed by atoms with E-state index < -0.39 is 30.9 Å². The molecule has 0 saturated carbocycles. The number of nitrogens with two attached hydrogens (primary N) is 1. The van der Waals surface area contributed by atoms with E-state index >= 15 is 0 Å². The molecular formula is C9H18N2O5. The van der Waals surface area contributed by atoms with Gasteiger partial charge in [-0.3, -0.25) is 4.79 Å². The number of amides is 1. The Bertz CT molecular complexity index is 256. The van der Waals surface area contributed by atoms with Crippen molar-refractivity contribution in [3.05, 3.63) is 12.0 Å². The second kappa shape index (κ2) is 7.04. The van der Waals surface area contributed by atoms with Crippen molar-refractivity contribution in [3.63, 3.8) is 0 Å². The van der Waals surface area contributed by atoms with Crippen LogP contribution in [0.5, 0.6) is 0 Å². The normalized spacial score (nSPS) is 17.4. The minimum Gasteiger partial charge on any atom is -0.466 e. The molecule has 0 aliphatic rings. The lowest BCUT2D eigenvalue weighted by molar-refractivity contribution is -0.137. The number of carbonyl (C=O) groups excluding carboxylic acids is 1. The number of aliphatic hydroxyl groups is 3. The molecular weight excluding hydrogens is 216 g/mol. The number of hydrogen-bond acceptors (Lipinski definition) is 6.